The lowest BCUT2D eigenvalue weighted by molar-refractivity contribution is 0.0943. The number of nitrogens with zero attached hydrogens (tertiary/aromatic N) is 2. The molecule has 1 heterocycles. The van der Waals surface area contributed by atoms with Crippen molar-refractivity contribution in [1.82, 2.24) is 19.8 Å². The molecule has 25 heavy (non-hydrogen) atoms. The van der Waals surface area contributed by atoms with E-state index in [0.29, 0.717) is 5.56 Å². The number of sulfonamides is 1. The van der Waals surface area contributed by atoms with Gasteiger partial charge in [0, 0.05) is 36.5 Å². The number of benzene rings is 1. The minimum atomic E-state index is -3.71. The van der Waals surface area contributed by atoms with Gasteiger partial charge < -0.3 is 5.32 Å². The molecule has 0 saturated heterocycles. The molecule has 8 heteroatoms. The summed E-state index contributed by atoms with van der Waals surface area (Å²) in [6, 6.07) is 5.97. The van der Waals surface area contributed by atoms with Crippen molar-refractivity contribution in [3.05, 3.63) is 47.8 Å². The van der Waals surface area contributed by atoms with E-state index in [2.05, 4.69) is 15.1 Å². The van der Waals surface area contributed by atoms with Crippen LogP contribution in [-0.2, 0) is 23.1 Å². The largest absolute Gasteiger partial charge is 0.350 e. The Labute approximate surface area is 148 Å². The molecule has 1 aromatic heterocycles. The zero-order chi connectivity index (χ0) is 18.4. The first-order valence-electron chi connectivity index (χ1n) is 8.23. The highest BCUT2D eigenvalue weighted by Crippen LogP contribution is 2.12. The predicted octanol–water partition coefficient (Wildman–Crippen LogP) is 1.91. The number of aryl methyl sites for hydroxylation is 1. The van der Waals surface area contributed by atoms with Crippen LogP contribution >= 0.6 is 0 Å². The summed E-state index contributed by atoms with van der Waals surface area (Å²) in [5.74, 6) is -0.298. The van der Waals surface area contributed by atoms with Crippen LogP contribution in [-0.4, -0.2) is 30.1 Å². The molecule has 136 valence electrons. The number of rotatable bonds is 8. The minimum Gasteiger partial charge on any atom is -0.350 e. The van der Waals surface area contributed by atoms with E-state index in [9.17, 15) is 13.2 Å². The van der Waals surface area contributed by atoms with Gasteiger partial charge in [0.15, 0.2) is 0 Å². The highest BCUT2D eigenvalue weighted by molar-refractivity contribution is 7.89. The summed E-state index contributed by atoms with van der Waals surface area (Å²) in [6.07, 6.45) is 4.42. The lowest BCUT2D eigenvalue weighted by atomic mass is 10.2. The molecule has 1 aromatic carbocycles. The summed E-state index contributed by atoms with van der Waals surface area (Å²) in [5, 5.41) is 6.92. The molecule has 2 rings (SSSR count). The molecule has 0 aliphatic carbocycles. The number of carbonyl (C=O) groups excluding carboxylic acids is 1. The average Bonchev–Trinajstić information content (AvgIpc) is 3.01. The molecule has 0 fully saturated rings. The van der Waals surface area contributed by atoms with E-state index in [1.165, 1.54) is 12.1 Å². The van der Waals surface area contributed by atoms with Gasteiger partial charge in [-0.25, -0.2) is 13.1 Å². The summed E-state index contributed by atoms with van der Waals surface area (Å²) in [6.45, 7) is 6.68. The zero-order valence-electron chi connectivity index (χ0n) is 14.7. The molecular weight excluding hydrogens is 340 g/mol. The fraction of sp³-hybridized carbons (Fsp3) is 0.412. The monoisotopic (exact) mass is 364 g/mol. The first kappa shape index (κ1) is 19.1. The van der Waals surface area contributed by atoms with Crippen LogP contribution in [0.15, 0.2) is 41.6 Å². The lowest BCUT2D eigenvalue weighted by Crippen LogP contribution is -2.30. The van der Waals surface area contributed by atoms with Gasteiger partial charge in [-0.1, -0.05) is 13.0 Å². The van der Waals surface area contributed by atoms with Gasteiger partial charge in [-0.05, 0) is 38.5 Å². The van der Waals surface area contributed by atoms with E-state index in [4.69, 9.17) is 0 Å². The molecule has 7 nitrogen and oxygen atoms in total. The smallest absolute Gasteiger partial charge is 0.251 e. The Balaban J connectivity index is 2.09. The molecule has 2 N–H and O–H groups in total. The number of hydrogen-bond donors (Lipinski definition) is 2. The lowest BCUT2D eigenvalue weighted by Gasteiger charge is -2.10. The molecule has 0 saturated carbocycles. The first-order chi connectivity index (χ1) is 11.8. The van der Waals surface area contributed by atoms with Crippen LogP contribution in [0.4, 0.5) is 0 Å². The SMILES string of the molecule is CCCn1cc(CNS(=O)(=O)c2cccc(C(=O)NC(C)C)c2)cn1. The molecule has 0 bridgehead atoms. The van der Waals surface area contributed by atoms with Crippen molar-refractivity contribution < 1.29 is 13.2 Å². The highest BCUT2D eigenvalue weighted by atomic mass is 32.2. The number of aromatic nitrogens is 2. The molecule has 1 amide bonds. The van der Waals surface area contributed by atoms with Crippen molar-refractivity contribution in [3.63, 3.8) is 0 Å². The van der Waals surface area contributed by atoms with Crippen LogP contribution in [0, 0.1) is 0 Å². The minimum absolute atomic E-state index is 0.0226. The molecular formula is C17H24N4O3S. The van der Waals surface area contributed by atoms with E-state index < -0.39 is 10.0 Å². The van der Waals surface area contributed by atoms with Crippen LogP contribution in [0.3, 0.4) is 0 Å². The Morgan fingerprint density at radius 1 is 1.32 bits per heavy atom. The molecule has 2 aromatic rings. The fourth-order valence-electron chi connectivity index (χ4n) is 2.26. The Hall–Kier alpha value is -2.19. The molecule has 0 spiro atoms. The Bertz CT molecular complexity index is 828. The van der Waals surface area contributed by atoms with Crippen molar-refractivity contribution >= 4 is 15.9 Å². The van der Waals surface area contributed by atoms with Gasteiger partial charge in [-0.3, -0.25) is 9.48 Å². The molecule has 0 unspecified atom stereocenters. The summed E-state index contributed by atoms with van der Waals surface area (Å²) in [7, 11) is -3.71. The van der Waals surface area contributed by atoms with Gasteiger partial charge in [0.25, 0.3) is 5.91 Å². The molecule has 0 aliphatic heterocycles. The maximum atomic E-state index is 12.5. The summed E-state index contributed by atoms with van der Waals surface area (Å²) in [5.41, 5.74) is 1.10. The Morgan fingerprint density at radius 2 is 2.08 bits per heavy atom. The van der Waals surface area contributed by atoms with Crippen molar-refractivity contribution in [3.8, 4) is 0 Å². The van der Waals surface area contributed by atoms with E-state index in [-0.39, 0.29) is 23.4 Å². The number of carbonyl (C=O) groups is 1. The topological polar surface area (TPSA) is 93.1 Å². The van der Waals surface area contributed by atoms with Crippen molar-refractivity contribution in [2.75, 3.05) is 0 Å². The third-order valence-corrected chi connectivity index (χ3v) is 4.83. The highest BCUT2D eigenvalue weighted by Gasteiger charge is 2.16. The summed E-state index contributed by atoms with van der Waals surface area (Å²) >= 11 is 0. The van der Waals surface area contributed by atoms with Gasteiger partial charge >= 0.3 is 0 Å². The molecule has 0 radical (unpaired) electrons. The maximum absolute atomic E-state index is 12.5. The van der Waals surface area contributed by atoms with Gasteiger partial charge in [0.1, 0.15) is 0 Å². The van der Waals surface area contributed by atoms with Crippen LogP contribution in [0.2, 0.25) is 0 Å². The number of hydrogen-bond acceptors (Lipinski definition) is 4. The predicted molar refractivity (Wildman–Crippen MR) is 95.6 cm³/mol. The van der Waals surface area contributed by atoms with Crippen LogP contribution in [0.1, 0.15) is 43.1 Å². The molecule has 0 atom stereocenters. The average molecular weight is 364 g/mol. The van der Waals surface area contributed by atoms with E-state index >= 15 is 0 Å². The summed E-state index contributed by atoms with van der Waals surface area (Å²) in [4.78, 5) is 12.1. The molecule has 0 aliphatic rings. The third-order valence-electron chi connectivity index (χ3n) is 3.43. The first-order valence-corrected chi connectivity index (χ1v) is 9.72. The van der Waals surface area contributed by atoms with Crippen molar-refractivity contribution in [2.45, 2.75) is 51.2 Å². The standard InChI is InChI=1S/C17H24N4O3S/c1-4-8-21-12-14(10-18-21)11-19-25(23,24)16-7-5-6-15(9-16)17(22)20-13(2)3/h5-7,9-10,12-13,19H,4,8,11H2,1-3H3,(H,20,22). The van der Waals surface area contributed by atoms with E-state index in [1.807, 2.05) is 27.0 Å². The van der Waals surface area contributed by atoms with Crippen LogP contribution in [0.5, 0.6) is 0 Å². The van der Waals surface area contributed by atoms with Crippen LogP contribution < -0.4 is 10.0 Å². The van der Waals surface area contributed by atoms with Gasteiger partial charge in [0.2, 0.25) is 10.0 Å². The number of amides is 1. The van der Waals surface area contributed by atoms with Crippen molar-refractivity contribution in [2.24, 2.45) is 0 Å². The van der Waals surface area contributed by atoms with Gasteiger partial charge in [0.05, 0.1) is 11.1 Å². The van der Waals surface area contributed by atoms with E-state index in [0.717, 1.165) is 18.5 Å². The second kappa shape index (κ2) is 8.26. The Morgan fingerprint density at radius 3 is 2.76 bits per heavy atom. The summed E-state index contributed by atoms with van der Waals surface area (Å²) < 4.78 is 29.2. The number of nitrogens with one attached hydrogen (secondary N) is 2. The fourth-order valence-corrected chi connectivity index (χ4v) is 3.32. The second-order valence-corrected chi connectivity index (χ2v) is 7.86. The normalized spacial score (nSPS) is 11.7. The van der Waals surface area contributed by atoms with Gasteiger partial charge in [-0.2, -0.15) is 5.10 Å². The quantitative estimate of drug-likeness (QED) is 0.748. The van der Waals surface area contributed by atoms with Gasteiger partial charge in [-0.15, -0.1) is 0 Å². The second-order valence-electron chi connectivity index (χ2n) is 6.09. The maximum Gasteiger partial charge on any atom is 0.251 e. The van der Waals surface area contributed by atoms with E-state index in [1.54, 1.807) is 23.0 Å². The van der Waals surface area contributed by atoms with Crippen molar-refractivity contribution in [1.29, 1.82) is 0 Å². The Kier molecular flexibility index (Phi) is 6.33. The third kappa shape index (κ3) is 5.40. The van der Waals surface area contributed by atoms with Crippen LogP contribution in [0.25, 0.3) is 0 Å². The zero-order valence-corrected chi connectivity index (χ0v) is 15.5.